The normalized spacial score (nSPS) is 14.0. The van der Waals surface area contributed by atoms with Crippen molar-refractivity contribution in [3.63, 3.8) is 0 Å². The molecule has 0 bridgehead atoms. The second kappa shape index (κ2) is 13.6. The molecule has 1 aliphatic carbocycles. The number of benzene rings is 3. The average Bonchev–Trinajstić information content (AvgIpc) is 3.45. The molecule has 5 rings (SSSR count). The van der Waals surface area contributed by atoms with E-state index in [1.807, 2.05) is 37.3 Å². The third-order valence-electron chi connectivity index (χ3n) is 7.86. The van der Waals surface area contributed by atoms with Gasteiger partial charge in [0, 0.05) is 16.7 Å². The van der Waals surface area contributed by atoms with E-state index in [1.165, 1.54) is 24.8 Å². The highest BCUT2D eigenvalue weighted by atomic mass is 16.5. The molecule has 6 heteroatoms. The molecule has 1 saturated carbocycles. The number of ether oxygens (including phenoxy) is 3. The molecule has 1 aromatic heterocycles. The minimum Gasteiger partial charge on any atom is -0.497 e. The first-order valence-electron chi connectivity index (χ1n) is 14.9. The zero-order valence-corrected chi connectivity index (χ0v) is 25.1. The number of carbonyl (C=O) groups excluding carboxylic acids is 1. The molecule has 0 N–H and O–H groups in total. The molecule has 1 aliphatic rings. The first-order chi connectivity index (χ1) is 20.4. The number of esters is 1. The van der Waals surface area contributed by atoms with Crippen LogP contribution in [0.25, 0.3) is 28.5 Å². The van der Waals surface area contributed by atoms with Crippen LogP contribution in [0.2, 0.25) is 0 Å². The van der Waals surface area contributed by atoms with Gasteiger partial charge in [0.25, 0.3) is 0 Å². The monoisotopic (exact) mass is 564 g/mol. The highest BCUT2D eigenvalue weighted by Gasteiger charge is 2.21. The molecule has 0 aliphatic heterocycles. The SMILES string of the molecule is CCOC(=O)/C(C)=C/c1cc(-c2ccc(OCc3cc(OC)ccc3-c3ccc(C)cc3)cc2)n(C2CCCCC2)n1. The van der Waals surface area contributed by atoms with Crippen LogP contribution in [0.4, 0.5) is 0 Å². The molecule has 1 fully saturated rings. The lowest BCUT2D eigenvalue weighted by atomic mass is 9.95. The van der Waals surface area contributed by atoms with Crippen molar-refractivity contribution in [3.05, 3.63) is 95.2 Å². The minimum atomic E-state index is -0.311. The predicted molar refractivity (Wildman–Crippen MR) is 168 cm³/mol. The van der Waals surface area contributed by atoms with Crippen molar-refractivity contribution in [1.29, 1.82) is 0 Å². The van der Waals surface area contributed by atoms with Crippen LogP contribution >= 0.6 is 0 Å². The Morgan fingerprint density at radius 1 is 0.929 bits per heavy atom. The number of rotatable bonds is 10. The summed E-state index contributed by atoms with van der Waals surface area (Å²) in [5.41, 5.74) is 7.99. The Kier molecular flexibility index (Phi) is 9.42. The van der Waals surface area contributed by atoms with E-state index >= 15 is 0 Å². The molecule has 0 amide bonds. The minimum absolute atomic E-state index is 0.311. The molecule has 0 saturated heterocycles. The van der Waals surface area contributed by atoms with Crippen LogP contribution in [0.15, 0.2) is 78.4 Å². The molecule has 3 aromatic carbocycles. The van der Waals surface area contributed by atoms with E-state index < -0.39 is 0 Å². The van der Waals surface area contributed by atoms with Gasteiger partial charge in [0.2, 0.25) is 0 Å². The fourth-order valence-electron chi connectivity index (χ4n) is 5.54. The summed E-state index contributed by atoms with van der Waals surface area (Å²) < 4.78 is 19.1. The van der Waals surface area contributed by atoms with Crippen LogP contribution in [0.1, 0.15) is 68.8 Å². The fraction of sp³-hybridized carbons (Fsp3) is 0.333. The summed E-state index contributed by atoms with van der Waals surface area (Å²) in [5.74, 6) is 1.28. The largest absolute Gasteiger partial charge is 0.497 e. The number of carbonyl (C=O) groups is 1. The Morgan fingerprint density at radius 2 is 1.62 bits per heavy atom. The van der Waals surface area contributed by atoms with E-state index in [9.17, 15) is 4.79 Å². The van der Waals surface area contributed by atoms with Gasteiger partial charge in [-0.05, 0) is 93.3 Å². The number of nitrogens with zero attached hydrogens (tertiary/aromatic N) is 2. The Hall–Kier alpha value is -4.32. The van der Waals surface area contributed by atoms with Gasteiger partial charge in [-0.1, -0.05) is 55.2 Å². The van der Waals surface area contributed by atoms with E-state index in [1.54, 1.807) is 14.0 Å². The Bertz CT molecular complexity index is 1530. The summed E-state index contributed by atoms with van der Waals surface area (Å²) in [6.45, 7) is 6.45. The number of hydrogen-bond acceptors (Lipinski definition) is 5. The van der Waals surface area contributed by atoms with Gasteiger partial charge in [0.05, 0.1) is 31.1 Å². The van der Waals surface area contributed by atoms with E-state index in [0.717, 1.165) is 58.0 Å². The summed E-state index contributed by atoms with van der Waals surface area (Å²) in [4.78, 5) is 12.2. The van der Waals surface area contributed by atoms with E-state index in [4.69, 9.17) is 19.3 Å². The maximum atomic E-state index is 12.2. The van der Waals surface area contributed by atoms with Crippen LogP contribution < -0.4 is 9.47 Å². The average molecular weight is 565 g/mol. The van der Waals surface area contributed by atoms with Crippen LogP contribution in [0, 0.1) is 6.92 Å². The van der Waals surface area contributed by atoms with Gasteiger partial charge < -0.3 is 14.2 Å². The van der Waals surface area contributed by atoms with Gasteiger partial charge in [-0.3, -0.25) is 4.68 Å². The quantitative estimate of drug-likeness (QED) is 0.143. The summed E-state index contributed by atoms with van der Waals surface area (Å²) in [6.07, 6.45) is 7.72. The van der Waals surface area contributed by atoms with E-state index in [-0.39, 0.29) is 5.97 Å². The molecular formula is C36H40N2O4. The van der Waals surface area contributed by atoms with E-state index in [0.29, 0.717) is 24.8 Å². The zero-order valence-electron chi connectivity index (χ0n) is 25.1. The zero-order chi connectivity index (χ0) is 29.5. The smallest absolute Gasteiger partial charge is 0.333 e. The second-order valence-corrected chi connectivity index (χ2v) is 10.9. The summed E-state index contributed by atoms with van der Waals surface area (Å²) in [5, 5.41) is 4.94. The van der Waals surface area contributed by atoms with Crippen molar-refractivity contribution >= 4 is 12.0 Å². The molecular weight excluding hydrogens is 524 g/mol. The van der Waals surface area contributed by atoms with Crippen LogP contribution in [-0.4, -0.2) is 29.5 Å². The third kappa shape index (κ3) is 6.93. The lowest BCUT2D eigenvalue weighted by Gasteiger charge is -2.24. The summed E-state index contributed by atoms with van der Waals surface area (Å²) in [6, 6.07) is 25.3. The van der Waals surface area contributed by atoms with Crippen molar-refractivity contribution < 1.29 is 19.0 Å². The van der Waals surface area contributed by atoms with Gasteiger partial charge >= 0.3 is 5.97 Å². The second-order valence-electron chi connectivity index (χ2n) is 10.9. The fourth-order valence-corrected chi connectivity index (χ4v) is 5.54. The van der Waals surface area contributed by atoms with Crippen molar-refractivity contribution in [3.8, 4) is 33.9 Å². The van der Waals surface area contributed by atoms with Gasteiger partial charge in [-0.25, -0.2) is 4.79 Å². The van der Waals surface area contributed by atoms with Gasteiger partial charge in [0.1, 0.15) is 18.1 Å². The first-order valence-corrected chi connectivity index (χ1v) is 14.9. The Morgan fingerprint density at radius 3 is 2.31 bits per heavy atom. The molecule has 0 atom stereocenters. The molecule has 4 aromatic rings. The number of methoxy groups -OCH3 is 1. The maximum absolute atomic E-state index is 12.2. The highest BCUT2D eigenvalue weighted by molar-refractivity contribution is 5.92. The first kappa shape index (κ1) is 29.2. The Balaban J connectivity index is 1.38. The van der Waals surface area contributed by atoms with Crippen molar-refractivity contribution in [2.45, 2.75) is 65.5 Å². The van der Waals surface area contributed by atoms with Crippen molar-refractivity contribution in [1.82, 2.24) is 9.78 Å². The van der Waals surface area contributed by atoms with Crippen LogP contribution in [-0.2, 0) is 16.1 Å². The van der Waals surface area contributed by atoms with Gasteiger partial charge in [0.15, 0.2) is 0 Å². The lowest BCUT2D eigenvalue weighted by molar-refractivity contribution is -0.138. The van der Waals surface area contributed by atoms with Gasteiger partial charge in [-0.2, -0.15) is 5.10 Å². The van der Waals surface area contributed by atoms with Crippen LogP contribution in [0.5, 0.6) is 11.5 Å². The molecule has 6 nitrogen and oxygen atoms in total. The maximum Gasteiger partial charge on any atom is 0.333 e. The van der Waals surface area contributed by atoms with E-state index in [2.05, 4.69) is 60.1 Å². The van der Waals surface area contributed by atoms with Crippen LogP contribution in [0.3, 0.4) is 0 Å². The van der Waals surface area contributed by atoms with Gasteiger partial charge in [-0.15, -0.1) is 0 Å². The number of aromatic nitrogens is 2. The molecule has 218 valence electrons. The summed E-state index contributed by atoms with van der Waals surface area (Å²) >= 11 is 0. The van der Waals surface area contributed by atoms with Crippen molar-refractivity contribution in [2.24, 2.45) is 0 Å². The standard InChI is InChI=1S/C36H40N2O4/c1-5-41-36(39)26(3)21-30-23-35(38(37-30)31-9-7-6-8-10-31)28-15-17-32(18-16-28)42-24-29-22-33(40-4)19-20-34(29)27-13-11-25(2)12-14-27/h11-23,31H,5-10,24H2,1-4H3/b26-21+. The highest BCUT2D eigenvalue weighted by Crippen LogP contribution is 2.34. The lowest BCUT2D eigenvalue weighted by Crippen LogP contribution is -2.15. The number of hydrogen-bond donors (Lipinski definition) is 0. The topological polar surface area (TPSA) is 62.6 Å². The molecule has 0 spiro atoms. The third-order valence-corrected chi connectivity index (χ3v) is 7.86. The molecule has 0 unspecified atom stereocenters. The summed E-state index contributed by atoms with van der Waals surface area (Å²) in [7, 11) is 1.68. The predicted octanol–water partition coefficient (Wildman–Crippen LogP) is 8.58. The number of aryl methyl sites for hydroxylation is 1. The molecule has 1 heterocycles. The Labute approximate surface area is 248 Å². The molecule has 0 radical (unpaired) electrons. The molecule has 42 heavy (non-hydrogen) atoms. The van der Waals surface area contributed by atoms with Crippen molar-refractivity contribution in [2.75, 3.05) is 13.7 Å².